The lowest BCUT2D eigenvalue weighted by Crippen LogP contribution is -2.23. The Morgan fingerprint density at radius 1 is 1.25 bits per heavy atom. The molecule has 0 aliphatic carbocycles. The van der Waals surface area contributed by atoms with Gasteiger partial charge in [0.15, 0.2) is 0 Å². The number of alkyl halides is 4. The summed E-state index contributed by atoms with van der Waals surface area (Å²) in [5, 5.41) is -0.0544. The van der Waals surface area contributed by atoms with Crippen LogP contribution in [0.25, 0.3) is 0 Å². The van der Waals surface area contributed by atoms with Crippen molar-refractivity contribution in [3.8, 4) is 0 Å². The number of anilines is 1. The lowest BCUT2D eigenvalue weighted by molar-refractivity contribution is -0.137. The van der Waals surface area contributed by atoms with Gasteiger partial charge in [0, 0.05) is 18.8 Å². The van der Waals surface area contributed by atoms with E-state index in [1.54, 1.807) is 11.0 Å². The lowest BCUT2D eigenvalue weighted by atomic mass is 10.1. The van der Waals surface area contributed by atoms with Gasteiger partial charge >= 0.3 is 6.18 Å². The van der Waals surface area contributed by atoms with Gasteiger partial charge in [-0.2, -0.15) is 13.2 Å². The van der Waals surface area contributed by atoms with Crippen molar-refractivity contribution in [3.63, 3.8) is 0 Å². The standard InChI is InChI=1S/C11H11ClF3N/c12-8-5-6-16(7-8)10-4-2-1-3-9(10)11(13,14)15/h1-4,8H,5-7H2. The zero-order chi connectivity index (χ0) is 11.8. The van der Waals surface area contributed by atoms with Gasteiger partial charge in [0.25, 0.3) is 0 Å². The van der Waals surface area contributed by atoms with Crippen LogP contribution in [-0.4, -0.2) is 18.5 Å². The second-order valence-corrected chi connectivity index (χ2v) is 4.46. The highest BCUT2D eigenvalue weighted by molar-refractivity contribution is 6.21. The quantitative estimate of drug-likeness (QED) is 0.689. The van der Waals surface area contributed by atoms with Crippen LogP contribution in [0.3, 0.4) is 0 Å². The van der Waals surface area contributed by atoms with Crippen LogP contribution < -0.4 is 4.90 Å². The van der Waals surface area contributed by atoms with Gasteiger partial charge in [-0.25, -0.2) is 0 Å². The summed E-state index contributed by atoms with van der Waals surface area (Å²) in [6, 6.07) is 5.63. The van der Waals surface area contributed by atoms with Crippen molar-refractivity contribution in [3.05, 3.63) is 29.8 Å². The van der Waals surface area contributed by atoms with Crippen LogP contribution in [0.15, 0.2) is 24.3 Å². The van der Waals surface area contributed by atoms with Crippen molar-refractivity contribution in [2.75, 3.05) is 18.0 Å². The fraction of sp³-hybridized carbons (Fsp3) is 0.455. The number of halogens is 4. The number of hydrogen-bond acceptors (Lipinski definition) is 1. The lowest BCUT2D eigenvalue weighted by Gasteiger charge is -2.22. The molecule has 1 aromatic carbocycles. The molecule has 88 valence electrons. The van der Waals surface area contributed by atoms with Gasteiger partial charge in [0.2, 0.25) is 0 Å². The maximum atomic E-state index is 12.7. The smallest absolute Gasteiger partial charge is 0.370 e. The van der Waals surface area contributed by atoms with E-state index in [4.69, 9.17) is 11.6 Å². The molecular formula is C11H11ClF3N. The van der Waals surface area contributed by atoms with Crippen LogP contribution in [0.4, 0.5) is 18.9 Å². The Labute approximate surface area is 96.8 Å². The summed E-state index contributed by atoms with van der Waals surface area (Å²) in [6.45, 7) is 1.07. The predicted octanol–water partition coefficient (Wildman–Crippen LogP) is 3.52. The molecule has 1 aliphatic rings. The Hall–Kier alpha value is -0.900. The fourth-order valence-electron chi connectivity index (χ4n) is 1.93. The minimum Gasteiger partial charge on any atom is -0.370 e. The molecule has 2 rings (SSSR count). The molecule has 1 fully saturated rings. The van der Waals surface area contributed by atoms with Crippen molar-refractivity contribution in [1.82, 2.24) is 0 Å². The second-order valence-electron chi connectivity index (χ2n) is 3.85. The average Bonchev–Trinajstić information content (AvgIpc) is 2.64. The summed E-state index contributed by atoms with van der Waals surface area (Å²) in [7, 11) is 0. The van der Waals surface area contributed by atoms with Gasteiger partial charge in [0.05, 0.1) is 10.9 Å². The third kappa shape index (κ3) is 2.26. The molecule has 1 nitrogen and oxygen atoms in total. The van der Waals surface area contributed by atoms with Crippen LogP contribution in [0.1, 0.15) is 12.0 Å². The van der Waals surface area contributed by atoms with Gasteiger partial charge in [-0.3, -0.25) is 0 Å². The Balaban J connectivity index is 2.34. The van der Waals surface area contributed by atoms with Crippen molar-refractivity contribution in [2.24, 2.45) is 0 Å². The normalized spacial score (nSPS) is 21.5. The molecule has 1 aromatic rings. The van der Waals surface area contributed by atoms with E-state index >= 15 is 0 Å². The molecule has 0 spiro atoms. The predicted molar refractivity (Wildman–Crippen MR) is 57.9 cm³/mol. The third-order valence-corrected chi connectivity index (χ3v) is 3.04. The van der Waals surface area contributed by atoms with Crippen molar-refractivity contribution in [2.45, 2.75) is 18.0 Å². The summed E-state index contributed by atoms with van der Waals surface area (Å²) in [5.74, 6) is 0. The highest BCUT2D eigenvalue weighted by atomic mass is 35.5. The molecule has 0 N–H and O–H groups in total. The number of benzene rings is 1. The van der Waals surface area contributed by atoms with E-state index in [0.717, 1.165) is 12.5 Å². The highest BCUT2D eigenvalue weighted by Gasteiger charge is 2.35. The first-order valence-corrected chi connectivity index (χ1v) is 5.47. The van der Waals surface area contributed by atoms with Gasteiger partial charge in [-0.1, -0.05) is 12.1 Å². The maximum absolute atomic E-state index is 12.7. The van der Waals surface area contributed by atoms with Crippen LogP contribution in [0.5, 0.6) is 0 Å². The molecule has 1 heterocycles. The number of rotatable bonds is 1. The molecule has 0 bridgehead atoms. The number of hydrogen-bond donors (Lipinski definition) is 0. The van der Waals surface area contributed by atoms with E-state index in [-0.39, 0.29) is 11.1 Å². The van der Waals surface area contributed by atoms with Crippen LogP contribution in [-0.2, 0) is 6.18 Å². The summed E-state index contributed by atoms with van der Waals surface area (Å²) in [4.78, 5) is 1.69. The van der Waals surface area contributed by atoms with Gasteiger partial charge < -0.3 is 4.90 Å². The molecule has 0 amide bonds. The molecule has 1 saturated heterocycles. The van der Waals surface area contributed by atoms with Crippen molar-refractivity contribution < 1.29 is 13.2 Å². The topological polar surface area (TPSA) is 3.24 Å². The first-order chi connectivity index (χ1) is 7.48. The minimum absolute atomic E-state index is 0.0544. The van der Waals surface area contributed by atoms with Gasteiger partial charge in [0.1, 0.15) is 0 Å². The average molecular weight is 250 g/mol. The van der Waals surface area contributed by atoms with Crippen LogP contribution >= 0.6 is 11.6 Å². The number of nitrogens with zero attached hydrogens (tertiary/aromatic N) is 1. The molecule has 16 heavy (non-hydrogen) atoms. The van der Waals surface area contributed by atoms with Gasteiger partial charge in [-0.05, 0) is 18.6 Å². The minimum atomic E-state index is -4.30. The molecule has 1 atom stereocenters. The van der Waals surface area contributed by atoms with E-state index in [1.165, 1.54) is 12.1 Å². The Kier molecular flexibility index (Phi) is 3.02. The van der Waals surface area contributed by atoms with Crippen molar-refractivity contribution in [1.29, 1.82) is 0 Å². The fourth-order valence-corrected chi connectivity index (χ4v) is 2.19. The summed E-state index contributed by atoms with van der Waals surface area (Å²) < 4.78 is 38.2. The monoisotopic (exact) mass is 249 g/mol. The molecule has 0 radical (unpaired) electrons. The van der Waals surface area contributed by atoms with Crippen LogP contribution in [0, 0.1) is 0 Å². The van der Waals surface area contributed by atoms with Crippen molar-refractivity contribution >= 4 is 17.3 Å². The maximum Gasteiger partial charge on any atom is 0.418 e. The van der Waals surface area contributed by atoms with E-state index in [2.05, 4.69) is 0 Å². The van der Waals surface area contributed by atoms with E-state index in [0.29, 0.717) is 13.1 Å². The Bertz CT molecular complexity index is 378. The molecule has 0 saturated carbocycles. The molecule has 1 unspecified atom stereocenters. The van der Waals surface area contributed by atoms with E-state index in [1.807, 2.05) is 0 Å². The van der Waals surface area contributed by atoms with E-state index < -0.39 is 11.7 Å². The number of para-hydroxylation sites is 1. The summed E-state index contributed by atoms with van der Waals surface area (Å²) in [6.07, 6.45) is -3.57. The highest BCUT2D eigenvalue weighted by Crippen LogP contribution is 2.37. The van der Waals surface area contributed by atoms with Crippen LogP contribution in [0.2, 0.25) is 0 Å². The molecule has 1 aliphatic heterocycles. The Morgan fingerprint density at radius 2 is 1.94 bits per heavy atom. The molecule has 5 heteroatoms. The zero-order valence-electron chi connectivity index (χ0n) is 8.47. The Morgan fingerprint density at radius 3 is 2.50 bits per heavy atom. The molecular weight excluding hydrogens is 239 g/mol. The van der Waals surface area contributed by atoms with Gasteiger partial charge in [-0.15, -0.1) is 11.6 Å². The summed E-state index contributed by atoms with van der Waals surface area (Å²) in [5.41, 5.74) is -0.348. The first-order valence-electron chi connectivity index (χ1n) is 5.04. The zero-order valence-corrected chi connectivity index (χ0v) is 9.22. The third-order valence-electron chi connectivity index (χ3n) is 2.68. The summed E-state index contributed by atoms with van der Waals surface area (Å²) >= 11 is 5.90. The second kappa shape index (κ2) is 4.17. The first kappa shape index (κ1) is 11.6. The molecule has 0 aromatic heterocycles. The largest absolute Gasteiger partial charge is 0.418 e. The van der Waals surface area contributed by atoms with E-state index in [9.17, 15) is 13.2 Å². The SMILES string of the molecule is FC(F)(F)c1ccccc1N1CCC(Cl)C1.